The maximum atomic E-state index is 6.14. The lowest BCUT2D eigenvalue weighted by atomic mass is 10.0. The molecule has 1 saturated carbocycles. The van der Waals surface area contributed by atoms with E-state index in [9.17, 15) is 0 Å². The molecule has 0 radical (unpaired) electrons. The Hall–Kier alpha value is -1.87. The zero-order valence-electron chi connectivity index (χ0n) is 14.6. The predicted molar refractivity (Wildman–Crippen MR) is 102 cm³/mol. The van der Waals surface area contributed by atoms with Gasteiger partial charge in [0.2, 0.25) is 0 Å². The molecule has 3 rings (SSSR count). The summed E-state index contributed by atoms with van der Waals surface area (Å²) in [5.74, 6) is 2.40. The second-order valence-electron chi connectivity index (χ2n) is 6.43. The van der Waals surface area contributed by atoms with Gasteiger partial charge in [-0.25, -0.2) is 0 Å². The van der Waals surface area contributed by atoms with Crippen molar-refractivity contribution in [2.24, 2.45) is 0 Å². The van der Waals surface area contributed by atoms with Crippen molar-refractivity contribution in [2.75, 3.05) is 0 Å². The van der Waals surface area contributed by atoms with Crippen LogP contribution in [0.3, 0.4) is 0 Å². The lowest BCUT2D eigenvalue weighted by molar-refractivity contribution is 0.298. The smallest absolute Gasteiger partial charge is 0.164 e. The summed E-state index contributed by atoms with van der Waals surface area (Å²) in [6, 6.07) is 12.6. The first-order chi connectivity index (χ1) is 11.6. The van der Waals surface area contributed by atoms with Crippen molar-refractivity contribution >= 4 is 17.3 Å². The molecular weight excluding hydrogens is 316 g/mol. The number of hydrogen-bond donors (Lipinski definition) is 0. The molecule has 0 heterocycles. The number of benzene rings is 2. The highest BCUT2D eigenvalue weighted by atomic mass is 32.1. The van der Waals surface area contributed by atoms with Crippen LogP contribution in [-0.2, 0) is 13.0 Å². The highest BCUT2D eigenvalue weighted by molar-refractivity contribution is 7.80. The number of rotatable bonds is 6. The van der Waals surface area contributed by atoms with Crippen LogP contribution in [0.5, 0.6) is 11.5 Å². The Morgan fingerprint density at radius 1 is 1.17 bits per heavy atom. The summed E-state index contributed by atoms with van der Waals surface area (Å²) in [5, 5.41) is 0.535. The van der Waals surface area contributed by atoms with Crippen molar-refractivity contribution < 1.29 is 9.47 Å². The summed E-state index contributed by atoms with van der Waals surface area (Å²) in [6.45, 7) is 6.58. The third-order valence-corrected chi connectivity index (χ3v) is 4.54. The molecule has 0 spiro atoms. The molecule has 1 fully saturated rings. The minimum absolute atomic E-state index is 0.511. The van der Waals surface area contributed by atoms with Crippen molar-refractivity contribution in [3.8, 4) is 11.5 Å². The van der Waals surface area contributed by atoms with Crippen LogP contribution in [0.25, 0.3) is 0 Å². The molecule has 126 valence electrons. The zero-order chi connectivity index (χ0) is 17.1. The third kappa shape index (κ3) is 3.96. The van der Waals surface area contributed by atoms with Crippen molar-refractivity contribution in [3.05, 3.63) is 58.7 Å². The van der Waals surface area contributed by atoms with Crippen LogP contribution in [0.4, 0.5) is 0 Å². The van der Waals surface area contributed by atoms with E-state index in [2.05, 4.69) is 38.1 Å². The minimum atomic E-state index is 0.511. The van der Waals surface area contributed by atoms with E-state index in [4.69, 9.17) is 21.7 Å². The topological polar surface area (TPSA) is 18.5 Å². The van der Waals surface area contributed by atoms with Crippen molar-refractivity contribution in [3.63, 3.8) is 0 Å². The number of thiocarbonyl (C=S) groups is 1. The normalized spacial score (nSPS) is 13.6. The molecule has 0 aromatic heterocycles. The molecule has 1 aliphatic carbocycles. The number of aryl methyl sites for hydroxylation is 2. The maximum absolute atomic E-state index is 6.14. The van der Waals surface area contributed by atoms with E-state index < -0.39 is 0 Å². The molecule has 0 amide bonds. The first-order valence-electron chi connectivity index (χ1n) is 8.61. The molecule has 0 unspecified atom stereocenters. The molecule has 1 aliphatic rings. The van der Waals surface area contributed by atoms with E-state index in [-0.39, 0.29) is 0 Å². The van der Waals surface area contributed by atoms with Crippen LogP contribution in [0.1, 0.15) is 54.9 Å². The van der Waals surface area contributed by atoms with Crippen LogP contribution in [0, 0.1) is 6.92 Å². The fourth-order valence-electron chi connectivity index (χ4n) is 3.01. The fourth-order valence-corrected chi connectivity index (χ4v) is 3.10. The maximum Gasteiger partial charge on any atom is 0.164 e. The Bertz CT molecular complexity index is 747. The van der Waals surface area contributed by atoms with Gasteiger partial charge in [-0.3, -0.25) is 0 Å². The van der Waals surface area contributed by atoms with E-state index in [1.165, 1.54) is 29.5 Å². The summed E-state index contributed by atoms with van der Waals surface area (Å²) < 4.78 is 11.9. The van der Waals surface area contributed by atoms with Gasteiger partial charge in [-0.1, -0.05) is 31.2 Å². The van der Waals surface area contributed by atoms with E-state index in [1.807, 2.05) is 12.1 Å². The largest absolute Gasteiger partial charge is 0.488 e. The summed E-state index contributed by atoms with van der Waals surface area (Å²) in [5.41, 5.74) is 4.97. The summed E-state index contributed by atoms with van der Waals surface area (Å²) in [7, 11) is 0. The molecule has 2 nitrogen and oxygen atoms in total. The van der Waals surface area contributed by atoms with Gasteiger partial charge in [-0.2, -0.15) is 0 Å². The number of hydrogen-bond acceptors (Lipinski definition) is 3. The molecule has 3 heteroatoms. The van der Waals surface area contributed by atoms with Crippen molar-refractivity contribution in [2.45, 2.75) is 52.6 Å². The summed E-state index contributed by atoms with van der Waals surface area (Å²) in [6.07, 6.45) is 3.53. The first kappa shape index (κ1) is 17.0. The lowest BCUT2D eigenvalue weighted by Crippen LogP contribution is -2.07. The second kappa shape index (κ2) is 7.35. The standard InChI is InChI=1S/C21H24O2S/c1-4-16-8-11-20(14(2)12-16)22-13-19-18(17-9-10-17)6-5-7-21(19)23-15(3)24/h5-8,11-12,17H,4,9-10,13H2,1-3H3. The Labute approximate surface area is 149 Å². The minimum Gasteiger partial charge on any atom is -0.488 e. The van der Waals surface area contributed by atoms with Crippen LogP contribution in [0.15, 0.2) is 36.4 Å². The Balaban J connectivity index is 1.84. The fraction of sp³-hybridized carbons (Fsp3) is 0.381. The first-order valence-corrected chi connectivity index (χ1v) is 9.01. The van der Waals surface area contributed by atoms with Gasteiger partial charge in [-0.05, 0) is 73.1 Å². The van der Waals surface area contributed by atoms with Crippen LogP contribution in [0.2, 0.25) is 0 Å². The summed E-state index contributed by atoms with van der Waals surface area (Å²) in [4.78, 5) is 0. The Morgan fingerprint density at radius 2 is 1.96 bits per heavy atom. The molecule has 0 bridgehead atoms. The SMILES string of the molecule is CCc1ccc(OCc2c(OC(C)=S)cccc2C2CC2)c(C)c1. The van der Waals surface area contributed by atoms with E-state index >= 15 is 0 Å². The van der Waals surface area contributed by atoms with E-state index in [1.54, 1.807) is 6.92 Å². The molecular formula is C21H24O2S. The molecule has 2 aromatic carbocycles. The van der Waals surface area contributed by atoms with Crippen molar-refractivity contribution in [1.29, 1.82) is 0 Å². The van der Waals surface area contributed by atoms with Crippen LogP contribution < -0.4 is 9.47 Å². The number of ether oxygens (including phenoxy) is 2. The monoisotopic (exact) mass is 340 g/mol. The van der Waals surface area contributed by atoms with E-state index in [0.29, 0.717) is 17.6 Å². The van der Waals surface area contributed by atoms with Crippen LogP contribution >= 0.6 is 12.2 Å². The summed E-state index contributed by atoms with van der Waals surface area (Å²) >= 11 is 5.12. The highest BCUT2D eigenvalue weighted by Gasteiger charge is 2.27. The van der Waals surface area contributed by atoms with Gasteiger partial charge >= 0.3 is 0 Å². The third-order valence-electron chi connectivity index (χ3n) is 4.46. The lowest BCUT2D eigenvalue weighted by Gasteiger charge is -2.16. The van der Waals surface area contributed by atoms with Gasteiger partial charge in [0, 0.05) is 12.5 Å². The second-order valence-corrected chi connectivity index (χ2v) is 7.01. The Morgan fingerprint density at radius 3 is 2.58 bits per heavy atom. The average Bonchev–Trinajstić information content (AvgIpc) is 3.38. The van der Waals surface area contributed by atoms with Gasteiger partial charge in [0.1, 0.15) is 18.1 Å². The van der Waals surface area contributed by atoms with Crippen LogP contribution in [-0.4, -0.2) is 5.05 Å². The quantitative estimate of drug-likeness (QED) is 0.625. The predicted octanol–water partition coefficient (Wildman–Crippen LogP) is 5.74. The Kier molecular flexibility index (Phi) is 5.20. The van der Waals surface area contributed by atoms with Crippen molar-refractivity contribution in [1.82, 2.24) is 0 Å². The van der Waals surface area contributed by atoms with E-state index in [0.717, 1.165) is 23.5 Å². The molecule has 0 saturated heterocycles. The van der Waals surface area contributed by atoms with Gasteiger partial charge in [0.05, 0.1) is 0 Å². The van der Waals surface area contributed by atoms with Gasteiger partial charge in [0.25, 0.3) is 0 Å². The molecule has 2 aromatic rings. The van der Waals surface area contributed by atoms with Gasteiger partial charge in [0.15, 0.2) is 5.05 Å². The van der Waals surface area contributed by atoms with Gasteiger partial charge in [-0.15, -0.1) is 0 Å². The molecule has 0 aliphatic heterocycles. The zero-order valence-corrected chi connectivity index (χ0v) is 15.4. The molecule has 24 heavy (non-hydrogen) atoms. The molecule has 0 N–H and O–H groups in total. The molecule has 0 atom stereocenters. The van der Waals surface area contributed by atoms with Gasteiger partial charge < -0.3 is 9.47 Å². The average molecular weight is 340 g/mol. The highest BCUT2D eigenvalue weighted by Crippen LogP contribution is 2.44.